The van der Waals surface area contributed by atoms with Crippen LogP contribution in [0.5, 0.6) is 17.2 Å². The molecular weight excluding hydrogens is 479 g/mol. The molecule has 0 unspecified atom stereocenters. The molecule has 0 aliphatic carbocycles. The number of halogens is 1. The third kappa shape index (κ3) is 5.08. The molecule has 3 aromatic carbocycles. The average Bonchev–Trinajstić information content (AvgIpc) is 2.92. The number of methoxy groups -OCH3 is 4. The first kappa shape index (κ1) is 26.0. The van der Waals surface area contributed by atoms with Crippen LogP contribution in [0.3, 0.4) is 0 Å². The minimum absolute atomic E-state index is 0.223. The minimum Gasteiger partial charge on any atom is -0.493 e. The highest BCUT2D eigenvalue weighted by molar-refractivity contribution is 6.04. The third-order valence-corrected chi connectivity index (χ3v) is 6.40. The van der Waals surface area contributed by atoms with E-state index in [0.29, 0.717) is 39.6 Å². The molecule has 0 saturated heterocycles. The molecule has 1 aliphatic heterocycles. The molecule has 0 aromatic heterocycles. The minimum atomic E-state index is -0.796. The molecule has 9 heteroatoms. The van der Waals surface area contributed by atoms with Crippen LogP contribution in [0.15, 0.2) is 60.7 Å². The summed E-state index contributed by atoms with van der Waals surface area (Å²) in [6.07, 6.45) is 0. The van der Waals surface area contributed by atoms with Crippen LogP contribution in [-0.2, 0) is 9.53 Å². The molecule has 0 bridgehead atoms. The summed E-state index contributed by atoms with van der Waals surface area (Å²) < 4.78 is 35.3. The summed E-state index contributed by atoms with van der Waals surface area (Å²) in [4.78, 5) is 29.2. The molecule has 1 heterocycles. The molecule has 2 atom stereocenters. The van der Waals surface area contributed by atoms with Gasteiger partial charge in [0.1, 0.15) is 5.82 Å². The van der Waals surface area contributed by atoms with Crippen molar-refractivity contribution in [3.63, 3.8) is 0 Å². The summed E-state index contributed by atoms with van der Waals surface area (Å²) in [6.45, 7) is 0.520. The number of ether oxygens (including phenoxy) is 4. The van der Waals surface area contributed by atoms with Crippen molar-refractivity contribution in [1.82, 2.24) is 4.90 Å². The van der Waals surface area contributed by atoms with Gasteiger partial charge in [0, 0.05) is 37.0 Å². The van der Waals surface area contributed by atoms with Gasteiger partial charge >= 0.3 is 0 Å². The summed E-state index contributed by atoms with van der Waals surface area (Å²) >= 11 is 0. The number of hydrogen-bond acceptors (Lipinski definition) is 6. The number of rotatable bonds is 9. The van der Waals surface area contributed by atoms with E-state index in [1.165, 1.54) is 33.5 Å². The number of benzene rings is 3. The SMILES string of the molecule is COCCN1C(=O)c2ccccc2[C@H](C(=O)Nc2cc(OC)c(OC)c(OC)c2)[C@@H]1c1ccc(F)cc1. The first-order valence-corrected chi connectivity index (χ1v) is 11.7. The Morgan fingerprint density at radius 3 is 2.19 bits per heavy atom. The van der Waals surface area contributed by atoms with E-state index in [4.69, 9.17) is 18.9 Å². The number of nitrogens with one attached hydrogen (secondary N) is 1. The van der Waals surface area contributed by atoms with Crippen molar-refractivity contribution in [2.45, 2.75) is 12.0 Å². The van der Waals surface area contributed by atoms with Gasteiger partial charge in [-0.2, -0.15) is 0 Å². The third-order valence-electron chi connectivity index (χ3n) is 6.40. The maximum absolute atomic E-state index is 14.0. The normalized spacial score (nSPS) is 16.7. The van der Waals surface area contributed by atoms with Crippen LogP contribution in [0.25, 0.3) is 0 Å². The second kappa shape index (κ2) is 11.3. The summed E-state index contributed by atoms with van der Waals surface area (Å²) in [5.41, 5.74) is 2.07. The highest BCUT2D eigenvalue weighted by Gasteiger charge is 2.44. The highest BCUT2D eigenvalue weighted by atomic mass is 19.1. The lowest BCUT2D eigenvalue weighted by molar-refractivity contribution is -0.119. The van der Waals surface area contributed by atoms with Crippen LogP contribution in [-0.4, -0.2) is 58.3 Å². The van der Waals surface area contributed by atoms with E-state index >= 15 is 0 Å². The molecule has 194 valence electrons. The molecule has 0 spiro atoms. The zero-order valence-electron chi connectivity index (χ0n) is 21.1. The number of carbonyl (C=O) groups is 2. The fourth-order valence-electron chi connectivity index (χ4n) is 4.71. The van der Waals surface area contributed by atoms with Crippen LogP contribution >= 0.6 is 0 Å². The van der Waals surface area contributed by atoms with E-state index in [9.17, 15) is 14.0 Å². The Hall–Kier alpha value is -4.11. The van der Waals surface area contributed by atoms with E-state index in [2.05, 4.69) is 5.32 Å². The first-order valence-electron chi connectivity index (χ1n) is 11.7. The Bertz CT molecular complexity index is 1250. The molecule has 4 rings (SSSR count). The Balaban J connectivity index is 1.82. The number of amides is 2. The van der Waals surface area contributed by atoms with Gasteiger partial charge in [0.25, 0.3) is 5.91 Å². The van der Waals surface area contributed by atoms with Crippen LogP contribution in [0.4, 0.5) is 10.1 Å². The number of hydrogen-bond donors (Lipinski definition) is 1. The quantitative estimate of drug-likeness (QED) is 0.461. The van der Waals surface area contributed by atoms with Gasteiger partial charge in [-0.1, -0.05) is 30.3 Å². The molecule has 1 aliphatic rings. The molecule has 2 amide bonds. The lowest BCUT2D eigenvalue weighted by atomic mass is 9.79. The molecule has 0 fully saturated rings. The Morgan fingerprint density at radius 1 is 0.946 bits per heavy atom. The van der Waals surface area contributed by atoms with E-state index in [0.717, 1.165) is 0 Å². The van der Waals surface area contributed by atoms with Gasteiger partial charge in [-0.15, -0.1) is 0 Å². The van der Waals surface area contributed by atoms with Crippen molar-refractivity contribution in [2.75, 3.05) is 46.9 Å². The standard InChI is InChI=1S/C28H29FN2O6/c1-34-14-13-31-25(17-9-11-18(29)12-10-17)24(20-7-5-6-8-21(20)28(31)33)27(32)30-19-15-22(35-2)26(37-4)23(16-19)36-3/h5-12,15-16,24-25H,13-14H2,1-4H3,(H,30,32)/t24-,25-/m0/s1. The summed E-state index contributed by atoms with van der Waals surface area (Å²) in [7, 11) is 6.02. The van der Waals surface area contributed by atoms with Crippen molar-refractivity contribution < 1.29 is 32.9 Å². The van der Waals surface area contributed by atoms with Crippen molar-refractivity contribution in [2.24, 2.45) is 0 Å². The number of carbonyl (C=O) groups excluding carboxylic acids is 2. The summed E-state index contributed by atoms with van der Waals surface area (Å²) in [5, 5.41) is 2.96. The zero-order chi connectivity index (χ0) is 26.5. The maximum atomic E-state index is 14.0. The number of nitrogens with zero attached hydrogens (tertiary/aromatic N) is 1. The lowest BCUT2D eigenvalue weighted by Crippen LogP contribution is -2.47. The van der Waals surface area contributed by atoms with Gasteiger partial charge in [0.2, 0.25) is 11.7 Å². The van der Waals surface area contributed by atoms with Gasteiger partial charge in [-0.05, 0) is 29.3 Å². The first-order chi connectivity index (χ1) is 17.9. The molecule has 1 N–H and O–H groups in total. The predicted molar refractivity (Wildman–Crippen MR) is 136 cm³/mol. The molecule has 37 heavy (non-hydrogen) atoms. The maximum Gasteiger partial charge on any atom is 0.254 e. The zero-order valence-corrected chi connectivity index (χ0v) is 21.1. The number of fused-ring (bicyclic) bond motifs is 1. The van der Waals surface area contributed by atoms with E-state index in [1.54, 1.807) is 60.5 Å². The topological polar surface area (TPSA) is 86.3 Å². The van der Waals surface area contributed by atoms with Crippen LogP contribution in [0.1, 0.15) is 33.4 Å². The Kier molecular flexibility index (Phi) is 7.93. The van der Waals surface area contributed by atoms with E-state index in [1.807, 2.05) is 0 Å². The molecule has 0 saturated carbocycles. The van der Waals surface area contributed by atoms with Gasteiger partial charge in [-0.3, -0.25) is 9.59 Å². The molecule has 8 nitrogen and oxygen atoms in total. The predicted octanol–water partition coefficient (Wildman–Crippen LogP) is 4.42. The highest BCUT2D eigenvalue weighted by Crippen LogP contribution is 2.44. The van der Waals surface area contributed by atoms with Gasteiger partial charge < -0.3 is 29.2 Å². The van der Waals surface area contributed by atoms with Crippen molar-refractivity contribution >= 4 is 17.5 Å². The van der Waals surface area contributed by atoms with Gasteiger partial charge in [0.15, 0.2) is 11.5 Å². The average molecular weight is 509 g/mol. The Labute approximate surface area is 214 Å². The van der Waals surface area contributed by atoms with E-state index in [-0.39, 0.29) is 25.0 Å². The van der Waals surface area contributed by atoms with Crippen LogP contribution in [0, 0.1) is 5.82 Å². The fraction of sp³-hybridized carbons (Fsp3) is 0.286. The molecular formula is C28H29FN2O6. The summed E-state index contributed by atoms with van der Waals surface area (Å²) in [6, 6.07) is 15.4. The second-order valence-electron chi connectivity index (χ2n) is 8.46. The van der Waals surface area contributed by atoms with Gasteiger partial charge in [-0.25, -0.2) is 4.39 Å². The largest absolute Gasteiger partial charge is 0.493 e. The smallest absolute Gasteiger partial charge is 0.254 e. The van der Waals surface area contributed by atoms with Crippen molar-refractivity contribution in [3.05, 3.63) is 83.2 Å². The van der Waals surface area contributed by atoms with E-state index < -0.39 is 17.8 Å². The molecule has 0 radical (unpaired) electrons. The van der Waals surface area contributed by atoms with Crippen molar-refractivity contribution in [3.8, 4) is 17.2 Å². The van der Waals surface area contributed by atoms with Crippen molar-refractivity contribution in [1.29, 1.82) is 0 Å². The second-order valence-corrected chi connectivity index (χ2v) is 8.46. The lowest BCUT2D eigenvalue weighted by Gasteiger charge is -2.41. The monoisotopic (exact) mass is 508 g/mol. The number of anilines is 1. The van der Waals surface area contributed by atoms with Gasteiger partial charge in [0.05, 0.1) is 39.9 Å². The van der Waals surface area contributed by atoms with Crippen LogP contribution < -0.4 is 19.5 Å². The Morgan fingerprint density at radius 2 is 1.59 bits per heavy atom. The molecule has 3 aromatic rings. The van der Waals surface area contributed by atoms with Crippen LogP contribution in [0.2, 0.25) is 0 Å². The fourth-order valence-corrected chi connectivity index (χ4v) is 4.71. The summed E-state index contributed by atoms with van der Waals surface area (Å²) in [5.74, 6) is -0.624.